The van der Waals surface area contributed by atoms with E-state index in [0.717, 1.165) is 11.1 Å². The van der Waals surface area contributed by atoms with E-state index in [1.54, 1.807) is 31.2 Å². The Morgan fingerprint density at radius 3 is 2.65 bits per heavy atom. The lowest BCUT2D eigenvalue weighted by Crippen LogP contribution is -2.01. The van der Waals surface area contributed by atoms with Crippen LogP contribution in [0.5, 0.6) is 11.5 Å². The van der Waals surface area contributed by atoms with E-state index in [9.17, 15) is 15.2 Å². The summed E-state index contributed by atoms with van der Waals surface area (Å²) in [7, 11) is 0. The summed E-state index contributed by atoms with van der Waals surface area (Å²) in [4.78, 5) is 10.5. The number of aromatic hydroxyl groups is 1. The largest absolute Gasteiger partial charge is 0.508 e. The molecule has 0 aliphatic rings. The van der Waals surface area contributed by atoms with Gasteiger partial charge in [-0.2, -0.15) is 0 Å². The van der Waals surface area contributed by atoms with Crippen LogP contribution in [0.15, 0.2) is 36.4 Å². The van der Waals surface area contributed by atoms with E-state index in [1.165, 1.54) is 12.1 Å². The third-order valence-electron chi connectivity index (χ3n) is 3.04. The number of ether oxygens (including phenoxy) is 1. The van der Waals surface area contributed by atoms with Crippen molar-refractivity contribution in [2.45, 2.75) is 20.5 Å². The van der Waals surface area contributed by atoms with Gasteiger partial charge in [0.05, 0.1) is 4.92 Å². The highest BCUT2D eigenvalue weighted by Crippen LogP contribution is 2.25. The lowest BCUT2D eigenvalue weighted by Gasteiger charge is -2.10. The topological polar surface area (TPSA) is 72.6 Å². The van der Waals surface area contributed by atoms with Crippen molar-refractivity contribution < 1.29 is 14.8 Å². The molecule has 0 saturated heterocycles. The number of nitrogens with zero attached hydrogens (tertiary/aromatic N) is 1. The molecule has 20 heavy (non-hydrogen) atoms. The maximum atomic E-state index is 10.9. The second-order valence-electron chi connectivity index (χ2n) is 4.61. The Labute approximate surface area is 116 Å². The van der Waals surface area contributed by atoms with Crippen molar-refractivity contribution in [3.8, 4) is 11.5 Å². The fourth-order valence-corrected chi connectivity index (χ4v) is 2.00. The van der Waals surface area contributed by atoms with Crippen LogP contribution in [0.1, 0.15) is 16.7 Å². The summed E-state index contributed by atoms with van der Waals surface area (Å²) in [6, 6.07) is 9.84. The van der Waals surface area contributed by atoms with Gasteiger partial charge in [0.25, 0.3) is 5.69 Å². The van der Waals surface area contributed by atoms with Crippen LogP contribution in [0.2, 0.25) is 0 Å². The predicted octanol–water partition coefficient (Wildman–Crippen LogP) is 3.50. The van der Waals surface area contributed by atoms with Gasteiger partial charge in [-0.25, -0.2) is 0 Å². The molecule has 0 saturated carbocycles. The van der Waals surface area contributed by atoms with Gasteiger partial charge in [-0.05, 0) is 37.1 Å². The molecule has 104 valence electrons. The average molecular weight is 273 g/mol. The lowest BCUT2D eigenvalue weighted by atomic mass is 10.1. The number of benzene rings is 2. The normalized spacial score (nSPS) is 10.3. The van der Waals surface area contributed by atoms with E-state index in [2.05, 4.69) is 0 Å². The molecule has 2 aromatic carbocycles. The van der Waals surface area contributed by atoms with Crippen LogP contribution in [0, 0.1) is 24.0 Å². The van der Waals surface area contributed by atoms with Crippen molar-refractivity contribution in [1.29, 1.82) is 0 Å². The maximum Gasteiger partial charge on any atom is 0.272 e. The second kappa shape index (κ2) is 5.61. The van der Waals surface area contributed by atoms with Crippen molar-refractivity contribution in [2.24, 2.45) is 0 Å². The molecule has 0 bridgehead atoms. The molecule has 0 aliphatic carbocycles. The van der Waals surface area contributed by atoms with Crippen LogP contribution in [0.25, 0.3) is 0 Å². The molecule has 0 unspecified atom stereocenters. The van der Waals surface area contributed by atoms with Crippen LogP contribution in [-0.2, 0) is 6.61 Å². The molecule has 0 aliphatic heterocycles. The molecule has 0 amide bonds. The average Bonchev–Trinajstić information content (AvgIpc) is 2.36. The minimum Gasteiger partial charge on any atom is -0.508 e. The Hall–Kier alpha value is -2.56. The molecule has 2 rings (SSSR count). The highest BCUT2D eigenvalue weighted by molar-refractivity contribution is 5.44. The smallest absolute Gasteiger partial charge is 0.272 e. The van der Waals surface area contributed by atoms with Gasteiger partial charge >= 0.3 is 0 Å². The summed E-state index contributed by atoms with van der Waals surface area (Å²) in [6.07, 6.45) is 0. The molecule has 5 nitrogen and oxygen atoms in total. The third-order valence-corrected chi connectivity index (χ3v) is 3.04. The number of phenolic OH excluding ortho intramolecular Hbond substituents is 1. The summed E-state index contributed by atoms with van der Waals surface area (Å²) >= 11 is 0. The van der Waals surface area contributed by atoms with Crippen LogP contribution in [0.3, 0.4) is 0 Å². The molecule has 0 heterocycles. The van der Waals surface area contributed by atoms with E-state index in [0.29, 0.717) is 11.3 Å². The third kappa shape index (κ3) is 3.06. The summed E-state index contributed by atoms with van der Waals surface area (Å²) in [5, 5.41) is 20.4. The van der Waals surface area contributed by atoms with E-state index < -0.39 is 4.92 Å². The minimum atomic E-state index is -0.405. The molecular formula is C15H15NO4. The zero-order valence-electron chi connectivity index (χ0n) is 11.3. The Balaban J connectivity index is 2.19. The van der Waals surface area contributed by atoms with Crippen molar-refractivity contribution in [2.75, 3.05) is 0 Å². The standard InChI is InChI=1S/C15H15NO4/c1-10-6-13(17)8-14(7-10)20-9-12-4-3-5-15(11(12)2)16(18)19/h3-8,17H,9H2,1-2H3. The number of nitro groups is 1. The van der Waals surface area contributed by atoms with E-state index >= 15 is 0 Å². The fourth-order valence-electron chi connectivity index (χ4n) is 2.00. The monoisotopic (exact) mass is 273 g/mol. The van der Waals surface area contributed by atoms with Gasteiger partial charge in [-0.3, -0.25) is 10.1 Å². The highest BCUT2D eigenvalue weighted by Gasteiger charge is 2.13. The Bertz CT molecular complexity index is 632. The molecule has 0 spiro atoms. The van der Waals surface area contributed by atoms with Gasteiger partial charge in [0, 0.05) is 17.7 Å². The van der Waals surface area contributed by atoms with Gasteiger partial charge in [0.2, 0.25) is 0 Å². The summed E-state index contributed by atoms with van der Waals surface area (Å²) < 4.78 is 5.59. The van der Waals surface area contributed by atoms with E-state index in [1.807, 2.05) is 6.92 Å². The first-order valence-electron chi connectivity index (χ1n) is 6.13. The van der Waals surface area contributed by atoms with Gasteiger partial charge in [0.15, 0.2) is 0 Å². The zero-order chi connectivity index (χ0) is 14.7. The van der Waals surface area contributed by atoms with Crippen LogP contribution >= 0.6 is 0 Å². The van der Waals surface area contributed by atoms with E-state index in [4.69, 9.17) is 4.74 Å². The van der Waals surface area contributed by atoms with Crippen molar-refractivity contribution in [3.63, 3.8) is 0 Å². The molecule has 5 heteroatoms. The molecule has 0 atom stereocenters. The Morgan fingerprint density at radius 2 is 2.00 bits per heavy atom. The molecular weight excluding hydrogens is 258 g/mol. The number of rotatable bonds is 4. The van der Waals surface area contributed by atoms with Crippen LogP contribution in [0.4, 0.5) is 5.69 Å². The molecule has 1 N–H and O–H groups in total. The minimum absolute atomic E-state index is 0.0817. The van der Waals surface area contributed by atoms with Crippen molar-refractivity contribution >= 4 is 5.69 Å². The Morgan fingerprint density at radius 1 is 1.25 bits per heavy atom. The summed E-state index contributed by atoms with van der Waals surface area (Å²) in [5.41, 5.74) is 2.31. The number of aryl methyl sites for hydroxylation is 1. The van der Waals surface area contributed by atoms with Gasteiger partial charge in [-0.1, -0.05) is 12.1 Å². The number of hydrogen-bond acceptors (Lipinski definition) is 4. The maximum absolute atomic E-state index is 10.9. The molecule has 0 aromatic heterocycles. The Kier molecular flexibility index (Phi) is 3.89. The first-order chi connectivity index (χ1) is 9.47. The zero-order valence-corrected chi connectivity index (χ0v) is 11.3. The summed E-state index contributed by atoms with van der Waals surface area (Å²) in [6.45, 7) is 3.77. The second-order valence-corrected chi connectivity index (χ2v) is 4.61. The summed E-state index contributed by atoms with van der Waals surface area (Å²) in [5.74, 6) is 0.671. The number of nitro benzene ring substituents is 1. The fraction of sp³-hybridized carbons (Fsp3) is 0.200. The number of phenols is 1. The van der Waals surface area contributed by atoms with Gasteiger partial charge < -0.3 is 9.84 Å². The quantitative estimate of drug-likeness (QED) is 0.683. The van der Waals surface area contributed by atoms with Gasteiger partial charge in [0.1, 0.15) is 18.1 Å². The van der Waals surface area contributed by atoms with Gasteiger partial charge in [-0.15, -0.1) is 0 Å². The molecule has 2 aromatic rings. The molecule has 0 radical (unpaired) electrons. The highest BCUT2D eigenvalue weighted by atomic mass is 16.6. The van der Waals surface area contributed by atoms with Crippen molar-refractivity contribution in [1.82, 2.24) is 0 Å². The number of hydrogen-bond donors (Lipinski definition) is 1. The molecule has 0 fully saturated rings. The van der Waals surface area contributed by atoms with Crippen molar-refractivity contribution in [3.05, 3.63) is 63.2 Å². The van der Waals surface area contributed by atoms with Crippen LogP contribution in [-0.4, -0.2) is 10.0 Å². The van der Waals surface area contributed by atoms with Crippen LogP contribution < -0.4 is 4.74 Å². The first kappa shape index (κ1) is 13.9. The first-order valence-corrected chi connectivity index (χ1v) is 6.13. The predicted molar refractivity (Wildman–Crippen MR) is 75.0 cm³/mol. The lowest BCUT2D eigenvalue weighted by molar-refractivity contribution is -0.385. The van der Waals surface area contributed by atoms with E-state index in [-0.39, 0.29) is 18.0 Å². The SMILES string of the molecule is Cc1cc(O)cc(OCc2cccc([N+](=O)[O-])c2C)c1.